The summed E-state index contributed by atoms with van der Waals surface area (Å²) in [4.78, 5) is 22.2. The molecule has 1 aliphatic heterocycles. The minimum atomic E-state index is -0.625. The zero-order valence-electron chi connectivity index (χ0n) is 13.9. The van der Waals surface area contributed by atoms with Crippen LogP contribution in [-0.2, 0) is 10.2 Å². The van der Waals surface area contributed by atoms with E-state index in [1.54, 1.807) is 4.90 Å². The Morgan fingerprint density at radius 3 is 2.92 bits per heavy atom. The molecule has 1 atom stereocenters. The van der Waals surface area contributed by atoms with Gasteiger partial charge in [0.1, 0.15) is 6.10 Å². The van der Waals surface area contributed by atoms with Crippen LogP contribution in [0.5, 0.6) is 0 Å². The number of nitrogens with zero attached hydrogens (tertiary/aromatic N) is 4. The molecule has 128 valence electrons. The summed E-state index contributed by atoms with van der Waals surface area (Å²) in [5.74, 6) is 0.260. The van der Waals surface area contributed by atoms with E-state index in [2.05, 4.69) is 20.2 Å². The van der Waals surface area contributed by atoms with Crippen molar-refractivity contribution >= 4 is 5.91 Å². The summed E-state index contributed by atoms with van der Waals surface area (Å²) in [6.45, 7) is 7.10. The lowest BCUT2D eigenvalue weighted by molar-refractivity contribution is -0.0268. The van der Waals surface area contributed by atoms with Gasteiger partial charge in [-0.05, 0) is 6.07 Å². The molecule has 24 heavy (non-hydrogen) atoms. The predicted octanol–water partition coefficient (Wildman–Crippen LogP) is 1.85. The van der Waals surface area contributed by atoms with Crippen molar-refractivity contribution in [2.75, 3.05) is 19.7 Å². The Morgan fingerprint density at radius 1 is 1.46 bits per heavy atom. The van der Waals surface area contributed by atoms with Crippen LogP contribution in [0.2, 0.25) is 0 Å². The molecule has 0 unspecified atom stereocenters. The molecule has 0 spiro atoms. The van der Waals surface area contributed by atoms with E-state index < -0.39 is 11.9 Å². The van der Waals surface area contributed by atoms with Gasteiger partial charge in [0.2, 0.25) is 0 Å². The summed E-state index contributed by atoms with van der Waals surface area (Å²) < 4.78 is 19.5. The van der Waals surface area contributed by atoms with Crippen LogP contribution < -0.4 is 0 Å². The van der Waals surface area contributed by atoms with E-state index in [-0.39, 0.29) is 16.9 Å². The largest absolute Gasteiger partial charge is 0.367 e. The number of carbonyl (C=O) groups is 1. The van der Waals surface area contributed by atoms with Crippen LogP contribution in [-0.4, -0.2) is 50.7 Å². The van der Waals surface area contributed by atoms with Crippen molar-refractivity contribution in [3.63, 3.8) is 0 Å². The molecule has 0 aromatic carbocycles. The van der Waals surface area contributed by atoms with Crippen LogP contribution in [0.1, 0.15) is 48.9 Å². The van der Waals surface area contributed by atoms with Crippen molar-refractivity contribution in [3.8, 4) is 0 Å². The third-order valence-corrected chi connectivity index (χ3v) is 3.84. The van der Waals surface area contributed by atoms with Crippen molar-refractivity contribution in [1.82, 2.24) is 25.1 Å². The van der Waals surface area contributed by atoms with Crippen molar-refractivity contribution in [2.45, 2.75) is 32.3 Å². The highest BCUT2D eigenvalue weighted by Crippen LogP contribution is 2.24. The molecule has 2 aromatic rings. The molecule has 7 nitrogen and oxygen atoms in total. The number of rotatable bonds is 2. The Labute approximate surface area is 139 Å². The third kappa shape index (κ3) is 3.28. The molecule has 1 fully saturated rings. The zero-order valence-corrected chi connectivity index (χ0v) is 13.9. The molecular formula is C16H20FN5O2. The number of nitrogens with one attached hydrogen (secondary N) is 1. The van der Waals surface area contributed by atoms with Gasteiger partial charge in [-0.1, -0.05) is 20.8 Å². The van der Waals surface area contributed by atoms with Crippen LogP contribution >= 0.6 is 0 Å². The first kappa shape index (κ1) is 16.5. The predicted molar refractivity (Wildman–Crippen MR) is 83.9 cm³/mol. The van der Waals surface area contributed by atoms with E-state index in [9.17, 15) is 9.18 Å². The normalized spacial score (nSPS) is 18.7. The molecule has 0 saturated carbocycles. The van der Waals surface area contributed by atoms with Crippen molar-refractivity contribution in [1.29, 1.82) is 0 Å². The Bertz CT molecular complexity index is 740. The van der Waals surface area contributed by atoms with E-state index in [0.29, 0.717) is 31.3 Å². The summed E-state index contributed by atoms with van der Waals surface area (Å²) >= 11 is 0. The maximum atomic E-state index is 13.8. The maximum Gasteiger partial charge on any atom is 0.257 e. The van der Waals surface area contributed by atoms with Gasteiger partial charge in [-0.15, -0.1) is 0 Å². The first-order valence-electron chi connectivity index (χ1n) is 7.79. The van der Waals surface area contributed by atoms with Crippen LogP contribution in [0.15, 0.2) is 18.5 Å². The van der Waals surface area contributed by atoms with E-state index in [0.717, 1.165) is 6.20 Å². The summed E-state index contributed by atoms with van der Waals surface area (Å²) in [6.07, 6.45) is 2.04. The van der Waals surface area contributed by atoms with Gasteiger partial charge in [0, 0.05) is 18.2 Å². The van der Waals surface area contributed by atoms with E-state index in [1.807, 2.05) is 20.8 Å². The number of H-pyrrole nitrogens is 1. The van der Waals surface area contributed by atoms with Gasteiger partial charge in [-0.3, -0.25) is 14.9 Å². The number of ether oxygens (including phenoxy) is 1. The van der Waals surface area contributed by atoms with Gasteiger partial charge >= 0.3 is 0 Å². The Kier molecular flexibility index (Phi) is 4.31. The Hall–Kier alpha value is -2.35. The van der Waals surface area contributed by atoms with Gasteiger partial charge in [-0.25, -0.2) is 9.37 Å². The second kappa shape index (κ2) is 6.27. The number of aromatic amines is 1. The topological polar surface area (TPSA) is 84.0 Å². The second-order valence-electron chi connectivity index (χ2n) is 6.76. The summed E-state index contributed by atoms with van der Waals surface area (Å²) in [5, 5.41) is 7.10. The Balaban J connectivity index is 1.76. The van der Waals surface area contributed by atoms with Crippen molar-refractivity contribution in [2.24, 2.45) is 0 Å². The first-order chi connectivity index (χ1) is 11.4. The molecule has 0 aliphatic carbocycles. The lowest BCUT2D eigenvalue weighted by atomic mass is 9.96. The lowest BCUT2D eigenvalue weighted by Gasteiger charge is -2.32. The highest BCUT2D eigenvalue weighted by molar-refractivity contribution is 5.94. The molecule has 1 saturated heterocycles. The van der Waals surface area contributed by atoms with Crippen LogP contribution in [0.4, 0.5) is 4.39 Å². The summed E-state index contributed by atoms with van der Waals surface area (Å²) in [5.41, 5.74) is -0.169. The fourth-order valence-electron chi connectivity index (χ4n) is 2.47. The first-order valence-corrected chi connectivity index (χ1v) is 7.79. The number of aromatic nitrogens is 4. The monoisotopic (exact) mass is 333 g/mol. The number of pyridine rings is 1. The maximum absolute atomic E-state index is 13.8. The fraction of sp³-hybridized carbons (Fsp3) is 0.500. The molecule has 0 radical (unpaired) electrons. The quantitative estimate of drug-likeness (QED) is 0.907. The van der Waals surface area contributed by atoms with E-state index in [4.69, 9.17) is 4.74 Å². The average Bonchev–Trinajstić information content (AvgIpc) is 3.05. The lowest BCUT2D eigenvalue weighted by Crippen LogP contribution is -2.42. The molecule has 3 rings (SSSR count). The van der Waals surface area contributed by atoms with Crippen LogP contribution in [0, 0.1) is 5.82 Å². The molecule has 3 heterocycles. The number of amides is 1. The SMILES string of the molecule is CC(C)(C)c1n[nH]c([C@@H]2CN(C(=O)c3ccncc3F)CCO2)n1. The number of carbonyl (C=O) groups excluding carboxylic acids is 1. The van der Waals surface area contributed by atoms with Crippen LogP contribution in [0.3, 0.4) is 0 Å². The zero-order chi connectivity index (χ0) is 17.3. The van der Waals surface area contributed by atoms with Gasteiger partial charge in [0.25, 0.3) is 5.91 Å². The third-order valence-electron chi connectivity index (χ3n) is 3.84. The highest BCUT2D eigenvalue weighted by atomic mass is 19.1. The van der Waals surface area contributed by atoms with Crippen LogP contribution in [0.25, 0.3) is 0 Å². The highest BCUT2D eigenvalue weighted by Gasteiger charge is 2.30. The minimum absolute atomic E-state index is 0.0126. The van der Waals surface area contributed by atoms with Crippen molar-refractivity contribution in [3.05, 3.63) is 41.5 Å². The van der Waals surface area contributed by atoms with Gasteiger partial charge in [-0.2, -0.15) is 5.10 Å². The molecule has 1 amide bonds. The smallest absolute Gasteiger partial charge is 0.257 e. The van der Waals surface area contributed by atoms with E-state index in [1.165, 1.54) is 12.3 Å². The summed E-state index contributed by atoms with van der Waals surface area (Å²) in [7, 11) is 0. The number of morpholine rings is 1. The van der Waals surface area contributed by atoms with Gasteiger partial charge in [0.15, 0.2) is 17.5 Å². The number of hydrogen-bond donors (Lipinski definition) is 1. The molecule has 1 N–H and O–H groups in total. The Morgan fingerprint density at radius 2 is 2.25 bits per heavy atom. The molecule has 8 heteroatoms. The number of halogens is 1. The number of hydrogen-bond acceptors (Lipinski definition) is 5. The molecule has 0 bridgehead atoms. The molecular weight excluding hydrogens is 313 g/mol. The average molecular weight is 333 g/mol. The standard InChI is InChI=1S/C16H20FN5O2/c1-16(2,3)15-19-13(20-21-15)12-9-22(6-7-24-12)14(23)10-4-5-18-8-11(10)17/h4-5,8,12H,6-7,9H2,1-3H3,(H,19,20,21)/t12-/m0/s1. The minimum Gasteiger partial charge on any atom is -0.367 e. The molecule has 1 aliphatic rings. The fourth-order valence-corrected chi connectivity index (χ4v) is 2.47. The van der Waals surface area contributed by atoms with E-state index >= 15 is 0 Å². The molecule has 2 aromatic heterocycles. The van der Waals surface area contributed by atoms with Gasteiger partial charge in [0.05, 0.1) is 24.9 Å². The van der Waals surface area contributed by atoms with Gasteiger partial charge < -0.3 is 9.64 Å². The second-order valence-corrected chi connectivity index (χ2v) is 6.76. The summed E-state index contributed by atoms with van der Waals surface area (Å²) in [6, 6.07) is 1.38. The van der Waals surface area contributed by atoms with Crippen molar-refractivity contribution < 1.29 is 13.9 Å².